The monoisotopic (exact) mass is 339 g/mol. The van der Waals surface area contributed by atoms with Gasteiger partial charge in [-0.05, 0) is 6.42 Å². The summed E-state index contributed by atoms with van der Waals surface area (Å²) in [6, 6.07) is -0.478. The standard InChI is InChI=1S/C13H17N5O4S/c1-17-7-9(6-14-17)15-13(20)11-2-3-12(19)18(16-11)10-4-5-23(21,22)8-10/h6-7,10H,2-5,8H2,1H3,(H,15,20). The number of carbonyl (C=O) groups is 2. The van der Waals surface area contributed by atoms with Crippen molar-refractivity contribution < 1.29 is 18.0 Å². The number of hydrazone groups is 1. The summed E-state index contributed by atoms with van der Waals surface area (Å²) in [5.41, 5.74) is 0.754. The van der Waals surface area contributed by atoms with Crippen LogP contribution in [0.15, 0.2) is 17.5 Å². The minimum atomic E-state index is -3.13. The molecule has 0 aliphatic carbocycles. The fourth-order valence-electron chi connectivity index (χ4n) is 2.68. The third-order valence-corrected chi connectivity index (χ3v) is 5.59. The van der Waals surface area contributed by atoms with E-state index in [0.717, 1.165) is 0 Å². The van der Waals surface area contributed by atoms with Gasteiger partial charge in [0, 0.05) is 26.1 Å². The van der Waals surface area contributed by atoms with Crippen LogP contribution in [0.4, 0.5) is 5.69 Å². The number of carbonyl (C=O) groups excluding carboxylic acids is 2. The van der Waals surface area contributed by atoms with Gasteiger partial charge in [0.1, 0.15) is 5.71 Å². The number of aromatic nitrogens is 2. The van der Waals surface area contributed by atoms with Crippen LogP contribution in [-0.4, -0.2) is 58.3 Å². The van der Waals surface area contributed by atoms with Crippen LogP contribution in [-0.2, 0) is 26.5 Å². The van der Waals surface area contributed by atoms with E-state index in [1.54, 1.807) is 17.9 Å². The number of anilines is 1. The molecule has 10 heteroatoms. The van der Waals surface area contributed by atoms with E-state index < -0.39 is 21.8 Å². The van der Waals surface area contributed by atoms with Gasteiger partial charge >= 0.3 is 0 Å². The van der Waals surface area contributed by atoms with Gasteiger partial charge in [-0.2, -0.15) is 10.2 Å². The first-order valence-electron chi connectivity index (χ1n) is 7.24. The zero-order chi connectivity index (χ0) is 16.6. The SMILES string of the molecule is Cn1cc(NC(=O)C2=NN(C3CCS(=O)(=O)C3)C(=O)CC2)cn1. The lowest BCUT2D eigenvalue weighted by Crippen LogP contribution is -2.42. The van der Waals surface area contributed by atoms with E-state index in [-0.39, 0.29) is 36.0 Å². The molecule has 0 spiro atoms. The molecule has 2 aliphatic heterocycles. The predicted molar refractivity (Wildman–Crippen MR) is 82.4 cm³/mol. The fraction of sp³-hybridized carbons (Fsp3) is 0.538. The Labute approximate surface area is 133 Å². The Morgan fingerprint density at radius 3 is 2.78 bits per heavy atom. The van der Waals surface area contributed by atoms with E-state index >= 15 is 0 Å². The number of nitrogens with zero attached hydrogens (tertiary/aromatic N) is 4. The molecule has 124 valence electrons. The van der Waals surface area contributed by atoms with Crippen molar-refractivity contribution in [2.45, 2.75) is 25.3 Å². The Hall–Kier alpha value is -2.23. The molecule has 1 aromatic rings. The maximum Gasteiger partial charge on any atom is 0.271 e. The Morgan fingerprint density at radius 2 is 2.17 bits per heavy atom. The van der Waals surface area contributed by atoms with Gasteiger partial charge in [-0.15, -0.1) is 0 Å². The van der Waals surface area contributed by atoms with Crippen molar-refractivity contribution >= 4 is 33.1 Å². The number of aryl methyl sites for hydroxylation is 1. The lowest BCUT2D eigenvalue weighted by atomic mass is 10.1. The molecule has 1 aromatic heterocycles. The van der Waals surface area contributed by atoms with Crippen molar-refractivity contribution in [3.05, 3.63) is 12.4 Å². The summed E-state index contributed by atoms with van der Waals surface area (Å²) in [4.78, 5) is 24.2. The van der Waals surface area contributed by atoms with Crippen LogP contribution in [0.3, 0.4) is 0 Å². The second-order valence-corrected chi connectivity index (χ2v) is 7.93. The van der Waals surface area contributed by atoms with Crippen LogP contribution in [0.25, 0.3) is 0 Å². The van der Waals surface area contributed by atoms with E-state index in [1.165, 1.54) is 11.2 Å². The van der Waals surface area contributed by atoms with E-state index in [0.29, 0.717) is 12.1 Å². The van der Waals surface area contributed by atoms with Crippen molar-refractivity contribution in [2.75, 3.05) is 16.8 Å². The predicted octanol–water partition coefficient (Wildman–Crippen LogP) is -0.476. The van der Waals surface area contributed by atoms with Gasteiger partial charge in [-0.25, -0.2) is 13.4 Å². The highest BCUT2D eigenvalue weighted by atomic mass is 32.2. The third kappa shape index (κ3) is 3.41. The molecular weight excluding hydrogens is 322 g/mol. The van der Waals surface area contributed by atoms with Crippen molar-refractivity contribution in [3.63, 3.8) is 0 Å². The molecule has 9 nitrogen and oxygen atoms in total. The van der Waals surface area contributed by atoms with Gasteiger partial charge in [0.25, 0.3) is 5.91 Å². The molecule has 1 N–H and O–H groups in total. The van der Waals surface area contributed by atoms with Crippen LogP contribution in [0.5, 0.6) is 0 Å². The molecule has 0 saturated carbocycles. The first-order chi connectivity index (χ1) is 10.8. The molecular formula is C13H17N5O4S. The summed E-state index contributed by atoms with van der Waals surface area (Å²) in [5, 5.41) is 11.9. The normalized spacial score (nSPS) is 23.7. The number of rotatable bonds is 3. The number of sulfone groups is 1. The van der Waals surface area contributed by atoms with Gasteiger partial charge in [0.2, 0.25) is 5.91 Å². The minimum absolute atomic E-state index is 0.0498. The van der Waals surface area contributed by atoms with Crippen LogP contribution in [0.2, 0.25) is 0 Å². The highest BCUT2D eigenvalue weighted by Gasteiger charge is 2.37. The molecule has 2 amide bonds. The fourth-order valence-corrected chi connectivity index (χ4v) is 4.37. The Bertz CT molecular complexity index is 782. The molecule has 1 atom stereocenters. The summed E-state index contributed by atoms with van der Waals surface area (Å²) < 4.78 is 24.7. The molecule has 23 heavy (non-hydrogen) atoms. The number of hydrogen-bond donors (Lipinski definition) is 1. The molecule has 1 fully saturated rings. The highest BCUT2D eigenvalue weighted by molar-refractivity contribution is 7.91. The van der Waals surface area contributed by atoms with Crippen molar-refractivity contribution in [3.8, 4) is 0 Å². The van der Waals surface area contributed by atoms with Crippen molar-refractivity contribution in [2.24, 2.45) is 12.1 Å². The van der Waals surface area contributed by atoms with Crippen molar-refractivity contribution in [1.29, 1.82) is 0 Å². The van der Waals surface area contributed by atoms with Gasteiger partial charge in [-0.3, -0.25) is 14.3 Å². The van der Waals surface area contributed by atoms with Gasteiger partial charge in [0.05, 0.1) is 29.4 Å². The summed E-state index contributed by atoms with van der Waals surface area (Å²) >= 11 is 0. The first kappa shape index (κ1) is 15.7. The smallest absolute Gasteiger partial charge is 0.271 e. The van der Waals surface area contributed by atoms with Gasteiger partial charge < -0.3 is 5.32 Å². The lowest BCUT2D eigenvalue weighted by molar-refractivity contribution is -0.133. The lowest BCUT2D eigenvalue weighted by Gasteiger charge is -2.27. The molecule has 3 heterocycles. The number of nitrogens with one attached hydrogen (secondary N) is 1. The highest BCUT2D eigenvalue weighted by Crippen LogP contribution is 2.22. The summed E-state index contributed by atoms with van der Waals surface area (Å²) in [6.07, 6.45) is 3.90. The minimum Gasteiger partial charge on any atom is -0.318 e. The molecule has 1 saturated heterocycles. The molecule has 0 aromatic carbocycles. The first-order valence-corrected chi connectivity index (χ1v) is 9.06. The number of hydrogen-bond acceptors (Lipinski definition) is 6. The molecule has 3 rings (SSSR count). The van der Waals surface area contributed by atoms with E-state index in [4.69, 9.17) is 0 Å². The van der Waals surface area contributed by atoms with E-state index in [2.05, 4.69) is 15.5 Å². The maximum atomic E-state index is 12.2. The van der Waals surface area contributed by atoms with Gasteiger partial charge in [-0.1, -0.05) is 0 Å². The van der Waals surface area contributed by atoms with Crippen LogP contribution < -0.4 is 5.32 Å². The Kier molecular flexibility index (Phi) is 3.92. The second kappa shape index (κ2) is 5.76. The van der Waals surface area contributed by atoms with E-state index in [9.17, 15) is 18.0 Å². The van der Waals surface area contributed by atoms with Gasteiger partial charge in [0.15, 0.2) is 9.84 Å². The van der Waals surface area contributed by atoms with Crippen molar-refractivity contribution in [1.82, 2.24) is 14.8 Å². The quantitative estimate of drug-likeness (QED) is 0.799. The van der Waals surface area contributed by atoms with Crippen LogP contribution in [0, 0.1) is 0 Å². The van der Waals surface area contributed by atoms with E-state index in [1.807, 2.05) is 0 Å². The molecule has 0 bridgehead atoms. The Morgan fingerprint density at radius 1 is 1.39 bits per heavy atom. The zero-order valence-corrected chi connectivity index (χ0v) is 13.4. The summed E-state index contributed by atoms with van der Waals surface area (Å²) in [7, 11) is -1.40. The van der Waals surface area contributed by atoms with Crippen LogP contribution in [0.1, 0.15) is 19.3 Å². The zero-order valence-electron chi connectivity index (χ0n) is 12.6. The third-order valence-electron chi connectivity index (χ3n) is 3.84. The summed E-state index contributed by atoms with van der Waals surface area (Å²) in [5.74, 6) is -0.699. The van der Waals surface area contributed by atoms with Crippen LogP contribution >= 0.6 is 0 Å². The average molecular weight is 339 g/mol. The summed E-state index contributed by atoms with van der Waals surface area (Å²) in [6.45, 7) is 0. The second-order valence-electron chi connectivity index (χ2n) is 5.70. The topological polar surface area (TPSA) is 114 Å². The maximum absolute atomic E-state index is 12.2. The number of amides is 2. The molecule has 0 radical (unpaired) electrons. The largest absolute Gasteiger partial charge is 0.318 e. The average Bonchev–Trinajstić information content (AvgIpc) is 3.05. The molecule has 2 aliphatic rings. The molecule has 1 unspecified atom stereocenters. The Balaban J connectivity index is 1.75.